The van der Waals surface area contributed by atoms with Crippen molar-refractivity contribution >= 4 is 11.7 Å². The van der Waals surface area contributed by atoms with Gasteiger partial charge in [-0.1, -0.05) is 12.1 Å². The number of benzene rings is 2. The minimum Gasteiger partial charge on any atom is -0.355 e. The number of carbonyl (C=O) groups is 2. The number of hydrogen-bond acceptors (Lipinski definition) is 2. The average molecular weight is 257 g/mol. The monoisotopic (exact) mass is 257 g/mol. The van der Waals surface area contributed by atoms with Crippen molar-refractivity contribution in [1.82, 2.24) is 5.32 Å². The predicted octanol–water partition coefficient (Wildman–Crippen LogP) is 2.42. The number of carbonyl (C=O) groups excluding carboxylic acids is 2. The molecule has 0 unspecified atom stereocenters. The second-order valence-electron chi connectivity index (χ2n) is 4.00. The van der Waals surface area contributed by atoms with Crippen LogP contribution in [0.4, 0.5) is 4.39 Å². The van der Waals surface area contributed by atoms with Crippen molar-refractivity contribution in [2.24, 2.45) is 0 Å². The Bertz CT molecular complexity index is 620. The molecule has 2 rings (SSSR count). The molecule has 1 N–H and O–H groups in total. The van der Waals surface area contributed by atoms with E-state index in [9.17, 15) is 14.0 Å². The van der Waals surface area contributed by atoms with E-state index >= 15 is 0 Å². The standard InChI is InChI=1S/C15H12FNO2/c1-17-15(19)12-4-2-3-11(9-12)14(18)10-5-7-13(16)8-6-10/h2-9H,1H3,(H,17,19). The number of amides is 1. The molecule has 0 radical (unpaired) electrons. The molecule has 0 saturated heterocycles. The maximum atomic E-state index is 12.8. The van der Waals surface area contributed by atoms with Gasteiger partial charge in [-0.05, 0) is 36.4 Å². The zero-order chi connectivity index (χ0) is 13.8. The molecule has 19 heavy (non-hydrogen) atoms. The summed E-state index contributed by atoms with van der Waals surface area (Å²) < 4.78 is 12.8. The maximum absolute atomic E-state index is 12.8. The Labute approximate surface area is 110 Å². The van der Waals surface area contributed by atoms with E-state index in [1.165, 1.54) is 37.4 Å². The Hall–Kier alpha value is -2.49. The van der Waals surface area contributed by atoms with Crippen molar-refractivity contribution < 1.29 is 14.0 Å². The van der Waals surface area contributed by atoms with Crippen LogP contribution < -0.4 is 5.32 Å². The molecule has 0 fully saturated rings. The van der Waals surface area contributed by atoms with Crippen LogP contribution in [0.2, 0.25) is 0 Å². The number of rotatable bonds is 3. The van der Waals surface area contributed by atoms with E-state index < -0.39 is 5.82 Å². The minimum absolute atomic E-state index is 0.245. The van der Waals surface area contributed by atoms with Crippen LogP contribution in [0.3, 0.4) is 0 Å². The summed E-state index contributed by atoms with van der Waals surface area (Å²) in [5.74, 6) is -0.893. The van der Waals surface area contributed by atoms with E-state index in [-0.39, 0.29) is 11.7 Å². The molecule has 4 heteroatoms. The van der Waals surface area contributed by atoms with E-state index in [0.717, 1.165) is 0 Å². The Morgan fingerprint density at radius 3 is 2.21 bits per heavy atom. The lowest BCUT2D eigenvalue weighted by molar-refractivity contribution is 0.0963. The molecule has 0 aromatic heterocycles. The third-order valence-electron chi connectivity index (χ3n) is 2.72. The highest BCUT2D eigenvalue weighted by molar-refractivity contribution is 6.10. The summed E-state index contributed by atoms with van der Waals surface area (Å²) in [6.07, 6.45) is 0. The van der Waals surface area contributed by atoms with Crippen LogP contribution in [0.5, 0.6) is 0 Å². The number of ketones is 1. The van der Waals surface area contributed by atoms with Gasteiger partial charge < -0.3 is 5.32 Å². The van der Waals surface area contributed by atoms with E-state index in [4.69, 9.17) is 0 Å². The van der Waals surface area contributed by atoms with Crippen LogP contribution >= 0.6 is 0 Å². The molecule has 0 aliphatic carbocycles. The summed E-state index contributed by atoms with van der Waals surface area (Å²) in [6, 6.07) is 11.7. The largest absolute Gasteiger partial charge is 0.355 e. The van der Waals surface area contributed by atoms with Gasteiger partial charge in [-0.2, -0.15) is 0 Å². The zero-order valence-corrected chi connectivity index (χ0v) is 10.3. The van der Waals surface area contributed by atoms with Crippen LogP contribution in [-0.2, 0) is 0 Å². The first-order valence-corrected chi connectivity index (χ1v) is 5.74. The van der Waals surface area contributed by atoms with Gasteiger partial charge >= 0.3 is 0 Å². The lowest BCUT2D eigenvalue weighted by Crippen LogP contribution is -2.18. The van der Waals surface area contributed by atoms with Crippen molar-refractivity contribution in [3.63, 3.8) is 0 Å². The van der Waals surface area contributed by atoms with E-state index in [1.807, 2.05) is 0 Å². The molecule has 2 aromatic rings. The average Bonchev–Trinajstić information content (AvgIpc) is 2.46. The molecule has 1 amide bonds. The highest BCUT2D eigenvalue weighted by Gasteiger charge is 2.11. The van der Waals surface area contributed by atoms with E-state index in [0.29, 0.717) is 16.7 Å². The van der Waals surface area contributed by atoms with Crippen LogP contribution in [0.15, 0.2) is 48.5 Å². The van der Waals surface area contributed by atoms with E-state index in [2.05, 4.69) is 5.32 Å². The molecule has 0 saturated carbocycles. The third kappa shape index (κ3) is 2.85. The molecular weight excluding hydrogens is 245 g/mol. The fourth-order valence-electron chi connectivity index (χ4n) is 1.71. The fraction of sp³-hybridized carbons (Fsp3) is 0.0667. The van der Waals surface area contributed by atoms with Gasteiger partial charge in [-0.3, -0.25) is 9.59 Å². The smallest absolute Gasteiger partial charge is 0.251 e. The first-order valence-electron chi connectivity index (χ1n) is 5.74. The van der Waals surface area contributed by atoms with Crippen molar-refractivity contribution in [2.75, 3.05) is 7.05 Å². The van der Waals surface area contributed by atoms with Gasteiger partial charge in [0.1, 0.15) is 5.82 Å². The predicted molar refractivity (Wildman–Crippen MR) is 69.7 cm³/mol. The summed E-state index contributed by atoms with van der Waals surface area (Å²) in [5.41, 5.74) is 1.19. The number of hydrogen-bond donors (Lipinski definition) is 1. The molecule has 2 aromatic carbocycles. The topological polar surface area (TPSA) is 46.2 Å². The first kappa shape index (κ1) is 13.0. The van der Waals surface area contributed by atoms with Gasteiger partial charge in [-0.25, -0.2) is 4.39 Å². The summed E-state index contributed by atoms with van der Waals surface area (Å²) in [7, 11) is 1.52. The maximum Gasteiger partial charge on any atom is 0.251 e. The lowest BCUT2D eigenvalue weighted by atomic mass is 10.0. The SMILES string of the molecule is CNC(=O)c1cccc(C(=O)c2ccc(F)cc2)c1. The van der Waals surface area contributed by atoms with Crippen molar-refractivity contribution in [1.29, 1.82) is 0 Å². The zero-order valence-electron chi connectivity index (χ0n) is 10.3. The lowest BCUT2D eigenvalue weighted by Gasteiger charge is -2.04. The Balaban J connectivity index is 2.34. The molecular formula is C15H12FNO2. The summed E-state index contributed by atoms with van der Waals surface area (Å²) in [4.78, 5) is 23.7. The molecule has 3 nitrogen and oxygen atoms in total. The van der Waals surface area contributed by atoms with Crippen LogP contribution in [-0.4, -0.2) is 18.7 Å². The molecule has 96 valence electrons. The molecule has 0 spiro atoms. The normalized spacial score (nSPS) is 10.0. The molecule has 0 aliphatic heterocycles. The first-order chi connectivity index (χ1) is 9.11. The second-order valence-corrected chi connectivity index (χ2v) is 4.00. The van der Waals surface area contributed by atoms with Crippen molar-refractivity contribution in [3.8, 4) is 0 Å². The summed E-state index contributed by atoms with van der Waals surface area (Å²) >= 11 is 0. The van der Waals surface area contributed by atoms with Gasteiger partial charge in [0.2, 0.25) is 0 Å². The second kappa shape index (κ2) is 5.44. The van der Waals surface area contributed by atoms with Gasteiger partial charge in [0, 0.05) is 23.7 Å². The van der Waals surface area contributed by atoms with Gasteiger partial charge in [-0.15, -0.1) is 0 Å². The van der Waals surface area contributed by atoms with Crippen molar-refractivity contribution in [2.45, 2.75) is 0 Å². The van der Waals surface area contributed by atoms with Crippen LogP contribution in [0.1, 0.15) is 26.3 Å². The third-order valence-corrected chi connectivity index (χ3v) is 2.72. The molecule has 0 heterocycles. The highest BCUT2D eigenvalue weighted by Crippen LogP contribution is 2.12. The molecule has 0 atom stereocenters. The Morgan fingerprint density at radius 1 is 0.947 bits per heavy atom. The van der Waals surface area contributed by atoms with E-state index in [1.54, 1.807) is 18.2 Å². The quantitative estimate of drug-likeness (QED) is 0.858. The Morgan fingerprint density at radius 2 is 1.58 bits per heavy atom. The highest BCUT2D eigenvalue weighted by atomic mass is 19.1. The summed E-state index contributed by atoms with van der Waals surface area (Å²) in [6.45, 7) is 0. The number of halogens is 1. The van der Waals surface area contributed by atoms with Crippen LogP contribution in [0.25, 0.3) is 0 Å². The van der Waals surface area contributed by atoms with Gasteiger partial charge in [0.05, 0.1) is 0 Å². The van der Waals surface area contributed by atoms with Crippen molar-refractivity contribution in [3.05, 3.63) is 71.0 Å². The fourth-order valence-corrected chi connectivity index (χ4v) is 1.71. The minimum atomic E-state index is -0.393. The molecule has 0 aliphatic rings. The Kier molecular flexibility index (Phi) is 3.71. The van der Waals surface area contributed by atoms with Gasteiger partial charge in [0.15, 0.2) is 5.78 Å². The number of nitrogens with one attached hydrogen (secondary N) is 1. The van der Waals surface area contributed by atoms with Crippen LogP contribution in [0, 0.1) is 5.82 Å². The van der Waals surface area contributed by atoms with Gasteiger partial charge in [0.25, 0.3) is 5.91 Å². The summed E-state index contributed by atoms with van der Waals surface area (Å²) in [5, 5.41) is 2.49. The molecule has 0 bridgehead atoms.